The first-order valence-electron chi connectivity index (χ1n) is 7.56. The molecule has 0 aliphatic heterocycles. The molecule has 0 atom stereocenters. The van der Waals surface area contributed by atoms with Crippen molar-refractivity contribution < 1.29 is 23.7 Å². The van der Waals surface area contributed by atoms with E-state index in [9.17, 15) is 14.9 Å². The molecule has 0 aliphatic carbocycles. The van der Waals surface area contributed by atoms with Crippen LogP contribution in [0.2, 0.25) is 5.02 Å². The maximum atomic E-state index is 11.6. The SMILES string of the molecule is COC(=O)c1ccc([N+](=O)[O-])c(OCc2nc(-c3ccc(Cl)cc3)no2)c1. The van der Waals surface area contributed by atoms with Gasteiger partial charge in [-0.3, -0.25) is 10.1 Å². The van der Waals surface area contributed by atoms with Crippen molar-refractivity contribution >= 4 is 23.3 Å². The number of hydrogen-bond donors (Lipinski definition) is 0. The van der Waals surface area contributed by atoms with Gasteiger partial charge in [-0.1, -0.05) is 16.8 Å². The van der Waals surface area contributed by atoms with Gasteiger partial charge in [0.2, 0.25) is 5.82 Å². The van der Waals surface area contributed by atoms with E-state index in [1.54, 1.807) is 24.3 Å². The molecular formula is C17H12ClN3O6. The number of hydrogen-bond acceptors (Lipinski definition) is 8. The summed E-state index contributed by atoms with van der Waals surface area (Å²) in [7, 11) is 1.21. The van der Waals surface area contributed by atoms with Gasteiger partial charge in [0.1, 0.15) is 0 Å². The van der Waals surface area contributed by atoms with Crippen LogP contribution in [-0.4, -0.2) is 28.1 Å². The first-order valence-corrected chi connectivity index (χ1v) is 7.94. The van der Waals surface area contributed by atoms with E-state index in [1.165, 1.54) is 19.2 Å². The fourth-order valence-electron chi connectivity index (χ4n) is 2.19. The molecule has 0 aliphatic rings. The molecule has 0 saturated carbocycles. The summed E-state index contributed by atoms with van der Waals surface area (Å²) < 4.78 is 15.1. The van der Waals surface area contributed by atoms with Crippen molar-refractivity contribution in [1.29, 1.82) is 0 Å². The van der Waals surface area contributed by atoms with Gasteiger partial charge < -0.3 is 14.0 Å². The number of aromatic nitrogens is 2. The lowest BCUT2D eigenvalue weighted by atomic mass is 10.2. The number of rotatable bonds is 6. The Morgan fingerprint density at radius 3 is 2.67 bits per heavy atom. The van der Waals surface area contributed by atoms with Crippen LogP contribution < -0.4 is 4.74 Å². The fraction of sp³-hybridized carbons (Fsp3) is 0.118. The highest BCUT2D eigenvalue weighted by molar-refractivity contribution is 6.30. The molecule has 138 valence electrons. The number of esters is 1. The lowest BCUT2D eigenvalue weighted by Crippen LogP contribution is -2.04. The molecule has 9 nitrogen and oxygen atoms in total. The quantitative estimate of drug-likeness (QED) is 0.356. The second-order valence-corrected chi connectivity index (χ2v) is 5.67. The monoisotopic (exact) mass is 389 g/mol. The van der Waals surface area contributed by atoms with Gasteiger partial charge in [-0.2, -0.15) is 4.98 Å². The predicted octanol–water partition coefficient (Wildman–Crippen LogP) is 3.66. The standard InChI is InChI=1S/C17H12ClN3O6/c1-25-17(22)11-4-7-13(21(23)24)14(8-11)26-9-15-19-16(20-27-15)10-2-5-12(18)6-3-10/h2-8H,9H2,1H3. The molecule has 0 N–H and O–H groups in total. The zero-order valence-electron chi connectivity index (χ0n) is 13.9. The molecule has 0 amide bonds. The summed E-state index contributed by atoms with van der Waals surface area (Å²) in [4.78, 5) is 26.3. The minimum atomic E-state index is -0.641. The number of nitrogens with zero attached hydrogens (tertiary/aromatic N) is 3. The minimum Gasteiger partial charge on any atom is -0.477 e. The van der Waals surface area contributed by atoms with Crippen molar-refractivity contribution in [1.82, 2.24) is 10.1 Å². The molecule has 0 radical (unpaired) electrons. The Hall–Kier alpha value is -3.46. The first kappa shape index (κ1) is 18.3. The van der Waals surface area contributed by atoms with E-state index in [2.05, 4.69) is 14.9 Å². The second-order valence-electron chi connectivity index (χ2n) is 5.24. The average Bonchev–Trinajstić information content (AvgIpc) is 3.15. The second kappa shape index (κ2) is 7.83. The van der Waals surface area contributed by atoms with Crippen LogP contribution in [-0.2, 0) is 11.3 Å². The van der Waals surface area contributed by atoms with Gasteiger partial charge in [-0.15, -0.1) is 0 Å². The molecule has 10 heteroatoms. The fourth-order valence-corrected chi connectivity index (χ4v) is 2.32. The summed E-state index contributed by atoms with van der Waals surface area (Å²) in [5, 5.41) is 15.5. The van der Waals surface area contributed by atoms with Gasteiger partial charge >= 0.3 is 11.7 Å². The Morgan fingerprint density at radius 1 is 1.26 bits per heavy atom. The highest BCUT2D eigenvalue weighted by atomic mass is 35.5. The molecule has 0 saturated heterocycles. The largest absolute Gasteiger partial charge is 0.477 e. The number of benzene rings is 2. The van der Waals surface area contributed by atoms with Gasteiger partial charge in [-0.25, -0.2) is 4.79 Å². The lowest BCUT2D eigenvalue weighted by molar-refractivity contribution is -0.386. The Kier molecular flexibility index (Phi) is 5.32. The average molecular weight is 390 g/mol. The first-order chi connectivity index (χ1) is 13.0. The lowest BCUT2D eigenvalue weighted by Gasteiger charge is -2.06. The molecule has 0 bridgehead atoms. The van der Waals surface area contributed by atoms with E-state index >= 15 is 0 Å². The molecule has 1 aromatic heterocycles. The number of carbonyl (C=O) groups excluding carboxylic acids is 1. The van der Waals surface area contributed by atoms with Gasteiger partial charge in [0.05, 0.1) is 17.6 Å². The van der Waals surface area contributed by atoms with Crippen LogP contribution >= 0.6 is 11.6 Å². The zero-order valence-corrected chi connectivity index (χ0v) is 14.7. The van der Waals surface area contributed by atoms with Crippen LogP contribution in [0, 0.1) is 10.1 Å². The zero-order chi connectivity index (χ0) is 19.4. The number of carbonyl (C=O) groups is 1. The normalized spacial score (nSPS) is 10.4. The summed E-state index contributed by atoms with van der Waals surface area (Å²) in [5.74, 6) is -0.326. The van der Waals surface area contributed by atoms with Crippen molar-refractivity contribution in [3.05, 3.63) is 69.1 Å². The number of ether oxygens (including phenoxy) is 2. The van der Waals surface area contributed by atoms with Crippen LogP contribution in [0.4, 0.5) is 5.69 Å². The van der Waals surface area contributed by atoms with Gasteiger partial charge in [0, 0.05) is 22.7 Å². The van der Waals surface area contributed by atoms with Gasteiger partial charge in [-0.05, 0) is 30.3 Å². The van der Waals surface area contributed by atoms with Crippen molar-refractivity contribution in [2.75, 3.05) is 7.11 Å². The molecule has 3 aromatic rings. The van der Waals surface area contributed by atoms with Gasteiger partial charge in [0.25, 0.3) is 5.89 Å². The molecule has 0 spiro atoms. The van der Waals surface area contributed by atoms with Crippen molar-refractivity contribution in [3.8, 4) is 17.1 Å². The maximum Gasteiger partial charge on any atom is 0.337 e. The molecule has 2 aromatic carbocycles. The number of halogens is 1. The van der Waals surface area contributed by atoms with E-state index in [-0.39, 0.29) is 29.5 Å². The van der Waals surface area contributed by atoms with Crippen molar-refractivity contribution in [2.45, 2.75) is 6.61 Å². The number of methoxy groups -OCH3 is 1. The van der Waals surface area contributed by atoms with Crippen LogP contribution in [0.1, 0.15) is 16.2 Å². The summed E-state index contributed by atoms with van der Waals surface area (Å²) >= 11 is 5.84. The van der Waals surface area contributed by atoms with E-state index < -0.39 is 10.9 Å². The Labute approximate surface area is 157 Å². The Bertz CT molecular complexity index is 987. The summed E-state index contributed by atoms with van der Waals surface area (Å²) in [6.07, 6.45) is 0. The third kappa shape index (κ3) is 4.21. The summed E-state index contributed by atoms with van der Waals surface area (Å²) in [6.45, 7) is -0.216. The predicted molar refractivity (Wildman–Crippen MR) is 93.5 cm³/mol. The molecule has 0 unspecified atom stereocenters. The Morgan fingerprint density at radius 2 is 2.00 bits per heavy atom. The molecular weight excluding hydrogens is 378 g/mol. The van der Waals surface area contributed by atoms with Crippen LogP contribution in [0.3, 0.4) is 0 Å². The van der Waals surface area contributed by atoms with E-state index in [0.717, 1.165) is 6.07 Å². The third-order valence-electron chi connectivity index (χ3n) is 3.50. The number of nitro groups is 1. The van der Waals surface area contributed by atoms with Crippen LogP contribution in [0.5, 0.6) is 5.75 Å². The molecule has 3 rings (SSSR count). The third-order valence-corrected chi connectivity index (χ3v) is 3.75. The maximum absolute atomic E-state index is 11.6. The highest BCUT2D eigenvalue weighted by Gasteiger charge is 2.20. The summed E-state index contributed by atoms with van der Waals surface area (Å²) in [5.41, 5.74) is 0.499. The van der Waals surface area contributed by atoms with E-state index in [1.807, 2.05) is 0 Å². The molecule has 0 fully saturated rings. The minimum absolute atomic E-state index is 0.109. The Balaban J connectivity index is 1.79. The van der Waals surface area contributed by atoms with Gasteiger partial charge in [0.15, 0.2) is 12.4 Å². The van der Waals surface area contributed by atoms with Crippen LogP contribution in [0.15, 0.2) is 47.0 Å². The van der Waals surface area contributed by atoms with E-state index in [4.69, 9.17) is 20.9 Å². The topological polar surface area (TPSA) is 118 Å². The number of nitro benzene ring substituents is 1. The van der Waals surface area contributed by atoms with Crippen molar-refractivity contribution in [3.63, 3.8) is 0 Å². The van der Waals surface area contributed by atoms with E-state index in [0.29, 0.717) is 16.4 Å². The highest BCUT2D eigenvalue weighted by Crippen LogP contribution is 2.29. The molecule has 27 heavy (non-hydrogen) atoms. The molecule has 1 heterocycles. The smallest absolute Gasteiger partial charge is 0.337 e. The summed E-state index contributed by atoms with van der Waals surface area (Å²) in [6, 6.07) is 10.5. The van der Waals surface area contributed by atoms with Crippen LogP contribution in [0.25, 0.3) is 11.4 Å². The van der Waals surface area contributed by atoms with Crippen molar-refractivity contribution in [2.24, 2.45) is 0 Å².